The molecule has 47 heavy (non-hydrogen) atoms. The summed E-state index contributed by atoms with van der Waals surface area (Å²) in [7, 11) is 0. The highest BCUT2D eigenvalue weighted by molar-refractivity contribution is 5.54. The summed E-state index contributed by atoms with van der Waals surface area (Å²) in [5.41, 5.74) is 3.95. The fourth-order valence-electron chi connectivity index (χ4n) is 6.13. The van der Waals surface area contributed by atoms with Crippen LogP contribution in [0.4, 0.5) is 11.4 Å². The lowest BCUT2D eigenvalue weighted by molar-refractivity contribution is -0.192. The average Bonchev–Trinajstić information content (AvgIpc) is 3.89. The molecule has 7 rings (SSSR count). The van der Waals surface area contributed by atoms with E-state index in [0.717, 1.165) is 55.3 Å². The van der Waals surface area contributed by atoms with E-state index in [1.165, 1.54) is 5.69 Å². The highest BCUT2D eigenvalue weighted by atomic mass is 16.8. The Labute approximate surface area is 273 Å². The van der Waals surface area contributed by atoms with Crippen LogP contribution in [0.2, 0.25) is 0 Å². The molecule has 0 saturated carbocycles. The monoisotopic (exact) mass is 636 g/mol. The molecule has 0 N–H and O–H groups in total. The lowest BCUT2D eigenvalue weighted by Crippen LogP contribution is -2.46. The molecule has 2 aliphatic heterocycles. The third kappa shape index (κ3) is 6.51. The van der Waals surface area contributed by atoms with E-state index in [9.17, 15) is 4.79 Å². The van der Waals surface area contributed by atoms with Gasteiger partial charge in [-0.3, -0.25) is 0 Å². The highest BCUT2D eigenvalue weighted by Gasteiger charge is 2.44. The van der Waals surface area contributed by atoms with Gasteiger partial charge in [-0.05, 0) is 61.9 Å². The maximum Gasteiger partial charge on any atom is 0.350 e. The van der Waals surface area contributed by atoms with Crippen molar-refractivity contribution in [2.24, 2.45) is 0 Å². The summed E-state index contributed by atoms with van der Waals surface area (Å²) in [4.78, 5) is 19.1. The number of hydrogen-bond acceptors (Lipinski definition) is 9. The van der Waals surface area contributed by atoms with Gasteiger partial charge >= 0.3 is 5.69 Å². The number of benzene rings is 3. The van der Waals surface area contributed by atoms with Crippen LogP contribution in [0.15, 0.2) is 102 Å². The molecule has 2 aliphatic rings. The number of ether oxygens (including phenoxy) is 3. The first-order valence-electron chi connectivity index (χ1n) is 16.2. The molecule has 5 aromatic rings. The Kier molecular flexibility index (Phi) is 8.77. The molecule has 0 radical (unpaired) electrons. The van der Waals surface area contributed by atoms with Gasteiger partial charge in [0, 0.05) is 43.1 Å². The van der Waals surface area contributed by atoms with Crippen molar-refractivity contribution in [3.8, 4) is 11.4 Å². The van der Waals surface area contributed by atoms with Gasteiger partial charge < -0.3 is 24.0 Å². The van der Waals surface area contributed by atoms with Crippen LogP contribution < -0.4 is 20.2 Å². The molecule has 3 aromatic carbocycles. The Morgan fingerprint density at radius 2 is 1.47 bits per heavy atom. The molecule has 0 amide bonds. The summed E-state index contributed by atoms with van der Waals surface area (Å²) in [5, 5.41) is 12.8. The van der Waals surface area contributed by atoms with E-state index >= 15 is 0 Å². The predicted molar refractivity (Wildman–Crippen MR) is 178 cm³/mol. The second kappa shape index (κ2) is 13.4. The van der Waals surface area contributed by atoms with Crippen molar-refractivity contribution in [2.45, 2.75) is 44.7 Å². The van der Waals surface area contributed by atoms with Crippen LogP contribution in [0.25, 0.3) is 5.69 Å². The van der Waals surface area contributed by atoms with E-state index in [1.807, 2.05) is 61.5 Å². The lowest BCUT2D eigenvalue weighted by Gasteiger charge is -2.37. The van der Waals surface area contributed by atoms with Crippen molar-refractivity contribution in [1.82, 2.24) is 29.3 Å². The van der Waals surface area contributed by atoms with E-state index < -0.39 is 5.79 Å². The van der Waals surface area contributed by atoms with Gasteiger partial charge in [-0.25, -0.2) is 14.0 Å². The van der Waals surface area contributed by atoms with Gasteiger partial charge in [-0.1, -0.05) is 37.3 Å². The van der Waals surface area contributed by atoms with Crippen molar-refractivity contribution in [3.63, 3.8) is 0 Å². The zero-order chi connectivity index (χ0) is 32.2. The smallest absolute Gasteiger partial charge is 0.350 e. The van der Waals surface area contributed by atoms with Crippen LogP contribution >= 0.6 is 0 Å². The van der Waals surface area contributed by atoms with Crippen LogP contribution in [-0.4, -0.2) is 74.8 Å². The van der Waals surface area contributed by atoms with Crippen molar-refractivity contribution in [1.29, 1.82) is 0 Å². The topological polar surface area (TPSA) is 105 Å². The molecule has 0 bridgehead atoms. The predicted octanol–water partition coefficient (Wildman–Crippen LogP) is 4.27. The maximum absolute atomic E-state index is 12.8. The van der Waals surface area contributed by atoms with E-state index in [1.54, 1.807) is 32.8 Å². The minimum Gasteiger partial charge on any atom is -0.491 e. The zero-order valence-corrected chi connectivity index (χ0v) is 26.8. The standard InChI is InChI=1S/C35H40N8O4/c1-3-27(2)43-34(44)41(26-38-43)31-11-9-29(10-12-31)39-19-21-40(22-20-39)30-13-15-32(16-14-30)45-23-33-24-46-35(47-33,25-42-36-17-18-37-42)28-7-5-4-6-8-28/h4-18,26-27,33H,3,19-25H2,1-2H3/t27-,33+,35+/m1/s1. The average molecular weight is 637 g/mol. The summed E-state index contributed by atoms with van der Waals surface area (Å²) in [6.07, 6.45) is 5.51. The van der Waals surface area contributed by atoms with E-state index in [2.05, 4.69) is 56.3 Å². The molecule has 2 fully saturated rings. The minimum absolute atomic E-state index is 0.0721. The van der Waals surface area contributed by atoms with Crippen molar-refractivity contribution in [2.75, 3.05) is 49.2 Å². The van der Waals surface area contributed by atoms with Crippen LogP contribution in [0, 0.1) is 0 Å². The van der Waals surface area contributed by atoms with Crippen LogP contribution in [0.5, 0.6) is 5.75 Å². The van der Waals surface area contributed by atoms with Crippen molar-refractivity contribution >= 4 is 11.4 Å². The second-order valence-corrected chi connectivity index (χ2v) is 12.0. The quantitative estimate of drug-likeness (QED) is 0.210. The summed E-state index contributed by atoms with van der Waals surface area (Å²) in [6, 6.07) is 26.4. The van der Waals surface area contributed by atoms with E-state index in [-0.39, 0.29) is 17.8 Å². The molecule has 12 nitrogen and oxygen atoms in total. The summed E-state index contributed by atoms with van der Waals surface area (Å²) in [6.45, 7) is 8.79. The summed E-state index contributed by atoms with van der Waals surface area (Å²) in [5.74, 6) is -0.185. The number of rotatable bonds is 11. The number of anilines is 2. The van der Waals surface area contributed by atoms with Gasteiger partial charge in [0.2, 0.25) is 5.79 Å². The largest absolute Gasteiger partial charge is 0.491 e. The van der Waals surface area contributed by atoms with Gasteiger partial charge in [0.15, 0.2) is 0 Å². The van der Waals surface area contributed by atoms with Crippen molar-refractivity contribution < 1.29 is 14.2 Å². The number of nitrogens with zero attached hydrogens (tertiary/aromatic N) is 8. The number of hydrogen-bond donors (Lipinski definition) is 0. The highest BCUT2D eigenvalue weighted by Crippen LogP contribution is 2.36. The molecule has 0 unspecified atom stereocenters. The molecule has 244 valence electrons. The Morgan fingerprint density at radius 1 is 0.851 bits per heavy atom. The van der Waals surface area contributed by atoms with Gasteiger partial charge in [0.1, 0.15) is 31.3 Å². The molecule has 0 aliphatic carbocycles. The fourth-order valence-corrected chi connectivity index (χ4v) is 6.13. The van der Waals surface area contributed by atoms with Crippen LogP contribution in [0.1, 0.15) is 31.9 Å². The zero-order valence-electron chi connectivity index (χ0n) is 26.8. The first-order valence-corrected chi connectivity index (χ1v) is 16.2. The molecule has 12 heteroatoms. The first-order chi connectivity index (χ1) is 23.0. The first kappa shape index (κ1) is 30.7. The Morgan fingerprint density at radius 3 is 2.11 bits per heavy atom. The third-order valence-corrected chi connectivity index (χ3v) is 9.00. The Balaban J connectivity index is 0.913. The maximum atomic E-state index is 12.8. The Bertz CT molecular complexity index is 1780. The molecular weight excluding hydrogens is 596 g/mol. The van der Waals surface area contributed by atoms with Crippen molar-refractivity contribution in [3.05, 3.63) is 114 Å². The van der Waals surface area contributed by atoms with Crippen LogP contribution in [0.3, 0.4) is 0 Å². The molecule has 2 aromatic heterocycles. The molecular formula is C35H40N8O4. The lowest BCUT2D eigenvalue weighted by atomic mass is 10.1. The SMILES string of the molecule is CC[C@@H](C)n1ncn(-c2ccc(N3CCN(c4ccc(OC[C@H]5CO[C@](Cn6nccn6)(c6ccccc6)O5)cc4)CC3)cc2)c1=O. The summed E-state index contributed by atoms with van der Waals surface area (Å²) < 4.78 is 22.0. The summed E-state index contributed by atoms with van der Waals surface area (Å²) >= 11 is 0. The Hall–Kier alpha value is -4.94. The van der Waals surface area contributed by atoms with Crippen LogP contribution in [-0.2, 0) is 21.8 Å². The number of aromatic nitrogens is 6. The molecule has 3 atom stereocenters. The van der Waals surface area contributed by atoms with Gasteiger partial charge in [-0.2, -0.15) is 20.1 Å². The van der Waals surface area contributed by atoms with Gasteiger partial charge in [0.05, 0.1) is 30.7 Å². The fraction of sp³-hybridized carbons (Fsp3) is 0.371. The van der Waals surface area contributed by atoms with E-state index in [0.29, 0.717) is 19.8 Å². The molecule has 4 heterocycles. The van der Waals surface area contributed by atoms with Gasteiger partial charge in [0.25, 0.3) is 0 Å². The molecule has 0 spiro atoms. The normalized spacial score (nSPS) is 20.4. The van der Waals surface area contributed by atoms with E-state index in [4.69, 9.17) is 14.2 Å². The second-order valence-electron chi connectivity index (χ2n) is 12.0. The third-order valence-electron chi connectivity index (χ3n) is 9.00. The number of piperazine rings is 1. The minimum atomic E-state index is -0.973. The van der Waals surface area contributed by atoms with Gasteiger partial charge in [-0.15, -0.1) is 0 Å². The molecule has 2 saturated heterocycles.